The molecule has 0 saturated carbocycles. The first-order valence-electron chi connectivity index (χ1n) is 6.42. The zero-order chi connectivity index (χ0) is 13.5. The van der Waals surface area contributed by atoms with Gasteiger partial charge in [-0.2, -0.15) is 0 Å². The summed E-state index contributed by atoms with van der Waals surface area (Å²) in [7, 11) is 1.53. The number of likely N-dealkylation sites (N-methyl/N-ethyl adjacent to an activating group) is 1. The quantitative estimate of drug-likeness (QED) is 0.732. The summed E-state index contributed by atoms with van der Waals surface area (Å²) >= 11 is 0. The molecule has 2 N–H and O–H groups in total. The van der Waals surface area contributed by atoms with Gasteiger partial charge in [0.2, 0.25) is 0 Å². The molecule has 19 heavy (non-hydrogen) atoms. The van der Waals surface area contributed by atoms with Crippen molar-refractivity contribution in [1.82, 2.24) is 25.1 Å². The van der Waals surface area contributed by atoms with Crippen LogP contribution in [-0.4, -0.2) is 57.4 Å². The van der Waals surface area contributed by atoms with E-state index in [0.29, 0.717) is 12.8 Å². The largest absolute Gasteiger partial charge is 0.348 e. The number of nitrogens with one attached hydrogen (secondary N) is 2. The maximum Gasteiger partial charge on any atom is 0.324 e. The molecule has 7 nitrogen and oxygen atoms in total. The maximum absolute atomic E-state index is 12.1. The molecule has 102 valence electrons. The molecule has 3 rings (SSSR count). The third kappa shape index (κ3) is 1.99. The molecule has 0 aromatic carbocycles. The molecule has 2 saturated heterocycles. The van der Waals surface area contributed by atoms with Crippen molar-refractivity contribution in [2.24, 2.45) is 0 Å². The Kier molecular flexibility index (Phi) is 2.78. The number of piperidine rings is 1. The van der Waals surface area contributed by atoms with Gasteiger partial charge in [0.15, 0.2) is 0 Å². The van der Waals surface area contributed by atoms with Crippen molar-refractivity contribution in [3.05, 3.63) is 18.2 Å². The molecule has 3 heterocycles. The summed E-state index contributed by atoms with van der Waals surface area (Å²) in [5.74, 6) is 0.824. The molecule has 7 heteroatoms. The predicted octanol–water partition coefficient (Wildman–Crippen LogP) is -0.0741. The van der Waals surface area contributed by atoms with Crippen LogP contribution in [0.1, 0.15) is 18.7 Å². The number of amides is 3. The average Bonchev–Trinajstić information content (AvgIpc) is 2.98. The van der Waals surface area contributed by atoms with E-state index in [0.717, 1.165) is 25.5 Å². The maximum atomic E-state index is 12.1. The fraction of sp³-hybridized carbons (Fsp3) is 0.583. The van der Waals surface area contributed by atoms with Crippen molar-refractivity contribution in [3.8, 4) is 0 Å². The standard InChI is InChI=1S/C12H17N5O2/c1-16-10(18)12(15-11(16)19)2-6-17(7-3-12)8-9-13-4-5-14-9/h4-5H,2-3,6-8H2,1H3,(H,13,14)(H,15,19). The number of nitrogens with zero attached hydrogens (tertiary/aromatic N) is 3. The van der Waals surface area contributed by atoms with Crippen LogP contribution in [0.4, 0.5) is 4.79 Å². The first-order valence-corrected chi connectivity index (χ1v) is 6.42. The molecule has 3 amide bonds. The number of H-pyrrole nitrogens is 1. The summed E-state index contributed by atoms with van der Waals surface area (Å²) in [6.45, 7) is 2.31. The lowest BCUT2D eigenvalue weighted by Crippen LogP contribution is -2.54. The zero-order valence-corrected chi connectivity index (χ0v) is 10.8. The molecule has 0 radical (unpaired) electrons. The highest BCUT2D eigenvalue weighted by Crippen LogP contribution is 2.29. The normalized spacial score (nSPS) is 23.1. The van der Waals surface area contributed by atoms with E-state index in [1.54, 1.807) is 12.4 Å². The summed E-state index contributed by atoms with van der Waals surface area (Å²) in [6.07, 6.45) is 4.85. The molecule has 0 unspecified atom stereocenters. The number of imidazole rings is 1. The molecule has 1 spiro atoms. The topological polar surface area (TPSA) is 81.3 Å². The number of imide groups is 1. The SMILES string of the molecule is CN1C(=O)NC2(CCN(Cc3ncc[nH]3)CC2)C1=O. The van der Waals surface area contributed by atoms with Gasteiger partial charge in [0, 0.05) is 32.5 Å². The summed E-state index contributed by atoms with van der Waals surface area (Å²) in [6, 6.07) is -0.288. The Morgan fingerprint density at radius 3 is 2.63 bits per heavy atom. The highest BCUT2D eigenvalue weighted by molar-refractivity contribution is 6.06. The van der Waals surface area contributed by atoms with E-state index in [9.17, 15) is 9.59 Å². The lowest BCUT2D eigenvalue weighted by molar-refractivity contribution is -0.132. The smallest absolute Gasteiger partial charge is 0.324 e. The van der Waals surface area contributed by atoms with Crippen LogP contribution < -0.4 is 5.32 Å². The molecule has 0 atom stereocenters. The Bertz CT molecular complexity index is 490. The van der Waals surface area contributed by atoms with Crippen molar-refractivity contribution < 1.29 is 9.59 Å². The fourth-order valence-electron chi connectivity index (χ4n) is 2.78. The minimum absolute atomic E-state index is 0.102. The molecule has 2 aliphatic heterocycles. The van der Waals surface area contributed by atoms with Gasteiger partial charge in [-0.15, -0.1) is 0 Å². The van der Waals surface area contributed by atoms with E-state index < -0.39 is 5.54 Å². The third-order valence-electron chi connectivity index (χ3n) is 4.00. The van der Waals surface area contributed by atoms with Gasteiger partial charge < -0.3 is 10.3 Å². The summed E-state index contributed by atoms with van der Waals surface area (Å²) in [4.78, 5) is 34.4. The number of urea groups is 1. The van der Waals surface area contributed by atoms with Gasteiger partial charge in [-0.25, -0.2) is 9.78 Å². The lowest BCUT2D eigenvalue weighted by Gasteiger charge is -2.36. The van der Waals surface area contributed by atoms with Gasteiger partial charge in [0.1, 0.15) is 11.4 Å². The third-order valence-corrected chi connectivity index (χ3v) is 4.00. The van der Waals surface area contributed by atoms with Gasteiger partial charge in [0.05, 0.1) is 6.54 Å². The number of rotatable bonds is 2. The molecule has 1 aromatic heterocycles. The molecule has 2 fully saturated rings. The molecule has 2 aliphatic rings. The van der Waals surface area contributed by atoms with E-state index in [4.69, 9.17) is 0 Å². The minimum Gasteiger partial charge on any atom is -0.348 e. The van der Waals surface area contributed by atoms with Crippen LogP contribution in [0, 0.1) is 0 Å². The molecule has 1 aromatic rings. The van der Waals surface area contributed by atoms with Crippen LogP contribution in [0.2, 0.25) is 0 Å². The van der Waals surface area contributed by atoms with Crippen molar-refractivity contribution in [2.45, 2.75) is 24.9 Å². The zero-order valence-electron chi connectivity index (χ0n) is 10.8. The van der Waals surface area contributed by atoms with Crippen LogP contribution in [0.25, 0.3) is 0 Å². The average molecular weight is 263 g/mol. The van der Waals surface area contributed by atoms with Crippen molar-refractivity contribution in [3.63, 3.8) is 0 Å². The Morgan fingerprint density at radius 1 is 1.37 bits per heavy atom. The van der Waals surface area contributed by atoms with Gasteiger partial charge in [0.25, 0.3) is 5.91 Å². The number of carbonyl (C=O) groups excluding carboxylic acids is 2. The van der Waals surface area contributed by atoms with Crippen LogP contribution in [0.5, 0.6) is 0 Å². The number of hydrogen-bond donors (Lipinski definition) is 2. The van der Waals surface area contributed by atoms with Crippen molar-refractivity contribution >= 4 is 11.9 Å². The number of hydrogen-bond acceptors (Lipinski definition) is 4. The molecule has 0 bridgehead atoms. The van der Waals surface area contributed by atoms with Gasteiger partial charge >= 0.3 is 6.03 Å². The van der Waals surface area contributed by atoms with Crippen LogP contribution in [0.15, 0.2) is 12.4 Å². The van der Waals surface area contributed by atoms with E-state index in [-0.39, 0.29) is 11.9 Å². The van der Waals surface area contributed by atoms with Gasteiger partial charge in [-0.05, 0) is 12.8 Å². The highest BCUT2D eigenvalue weighted by Gasteiger charge is 2.50. The van der Waals surface area contributed by atoms with Crippen LogP contribution in [-0.2, 0) is 11.3 Å². The second kappa shape index (κ2) is 4.34. The second-order valence-corrected chi connectivity index (χ2v) is 5.19. The number of carbonyl (C=O) groups is 2. The van der Waals surface area contributed by atoms with Crippen molar-refractivity contribution in [2.75, 3.05) is 20.1 Å². The van der Waals surface area contributed by atoms with Gasteiger partial charge in [-0.1, -0.05) is 0 Å². The van der Waals surface area contributed by atoms with E-state index in [2.05, 4.69) is 20.2 Å². The van der Waals surface area contributed by atoms with Gasteiger partial charge in [-0.3, -0.25) is 14.6 Å². The van der Waals surface area contributed by atoms with E-state index in [1.807, 2.05) is 0 Å². The molecule has 0 aliphatic carbocycles. The second-order valence-electron chi connectivity index (χ2n) is 5.19. The highest BCUT2D eigenvalue weighted by atomic mass is 16.2. The lowest BCUT2D eigenvalue weighted by atomic mass is 9.87. The van der Waals surface area contributed by atoms with Crippen LogP contribution in [0.3, 0.4) is 0 Å². The molecular weight excluding hydrogens is 246 g/mol. The predicted molar refractivity (Wildman–Crippen MR) is 67.1 cm³/mol. The monoisotopic (exact) mass is 263 g/mol. The molecular formula is C12H17N5O2. The Hall–Kier alpha value is -1.89. The Balaban J connectivity index is 1.63. The fourth-order valence-corrected chi connectivity index (χ4v) is 2.78. The first-order chi connectivity index (χ1) is 9.11. The minimum atomic E-state index is -0.675. The summed E-state index contributed by atoms with van der Waals surface area (Å²) < 4.78 is 0. The first kappa shape index (κ1) is 12.2. The Morgan fingerprint density at radius 2 is 2.11 bits per heavy atom. The summed E-state index contributed by atoms with van der Waals surface area (Å²) in [5.41, 5.74) is -0.675. The van der Waals surface area contributed by atoms with E-state index in [1.165, 1.54) is 11.9 Å². The van der Waals surface area contributed by atoms with Crippen molar-refractivity contribution in [1.29, 1.82) is 0 Å². The number of likely N-dealkylation sites (tertiary alicyclic amines) is 1. The van der Waals surface area contributed by atoms with Crippen LogP contribution >= 0.6 is 0 Å². The number of aromatic nitrogens is 2. The van der Waals surface area contributed by atoms with E-state index >= 15 is 0 Å². The Labute approximate surface area is 111 Å². The summed E-state index contributed by atoms with van der Waals surface area (Å²) in [5, 5.41) is 2.84. The number of aromatic amines is 1.